The molecule has 28 heavy (non-hydrogen) atoms. The average Bonchev–Trinajstić information content (AvgIpc) is 3.06. The van der Waals surface area contributed by atoms with Crippen molar-refractivity contribution in [1.29, 1.82) is 5.26 Å². The van der Waals surface area contributed by atoms with Crippen LogP contribution in [0.2, 0.25) is 0 Å². The molecule has 0 spiro atoms. The molecule has 0 atom stereocenters. The Morgan fingerprint density at radius 1 is 1.21 bits per heavy atom. The largest absolute Gasteiger partial charge is 0.483 e. The minimum Gasteiger partial charge on any atom is -0.483 e. The number of carbonyl (C=O) groups is 1. The highest BCUT2D eigenvalue weighted by Gasteiger charge is 2.30. The minimum absolute atomic E-state index is 0.295. The fraction of sp³-hybridized carbons (Fsp3) is 0.217. The Morgan fingerprint density at radius 2 is 2.00 bits per heavy atom. The highest BCUT2D eigenvalue weighted by Crippen LogP contribution is 2.40. The monoisotopic (exact) mass is 372 g/mol. The standard InChI is InChI=1S/C23H20N2O3/c1-4-27-22(26)19-12-16-7-5-6-8-18(16)25(19)20-13-23(2,3)28-21-10-9-15(14-24)11-17(20)21/h5-13H,4H2,1-3H3. The highest BCUT2D eigenvalue weighted by atomic mass is 16.5. The maximum atomic E-state index is 12.7. The zero-order valence-corrected chi connectivity index (χ0v) is 16.0. The number of rotatable bonds is 3. The van der Waals surface area contributed by atoms with E-state index in [2.05, 4.69) is 6.07 Å². The lowest BCUT2D eigenvalue weighted by molar-refractivity contribution is 0.0517. The average molecular weight is 372 g/mol. The Kier molecular flexibility index (Phi) is 4.20. The summed E-state index contributed by atoms with van der Waals surface area (Å²) in [5, 5.41) is 10.3. The van der Waals surface area contributed by atoms with Gasteiger partial charge >= 0.3 is 5.97 Å². The van der Waals surface area contributed by atoms with E-state index >= 15 is 0 Å². The number of fused-ring (bicyclic) bond motifs is 2. The van der Waals surface area contributed by atoms with Crippen molar-refractivity contribution in [3.63, 3.8) is 0 Å². The van der Waals surface area contributed by atoms with Crippen LogP contribution in [0.3, 0.4) is 0 Å². The molecule has 4 rings (SSSR count). The molecule has 0 amide bonds. The number of benzene rings is 2. The van der Waals surface area contributed by atoms with E-state index in [0.29, 0.717) is 23.6 Å². The summed E-state index contributed by atoms with van der Waals surface area (Å²) in [5.41, 5.74) is 2.86. The van der Waals surface area contributed by atoms with E-state index < -0.39 is 5.60 Å². The van der Waals surface area contributed by atoms with Crippen LogP contribution in [-0.2, 0) is 4.74 Å². The Labute approximate surface area is 163 Å². The molecule has 0 bridgehead atoms. The van der Waals surface area contributed by atoms with Crippen LogP contribution in [0.5, 0.6) is 5.75 Å². The highest BCUT2D eigenvalue weighted by molar-refractivity contribution is 5.99. The smallest absolute Gasteiger partial charge is 0.355 e. The first kappa shape index (κ1) is 17.9. The first-order chi connectivity index (χ1) is 13.4. The number of aromatic nitrogens is 1. The second kappa shape index (κ2) is 6.58. The Hall–Kier alpha value is -3.52. The predicted octanol–water partition coefficient (Wildman–Crippen LogP) is 4.75. The van der Waals surface area contributed by atoms with Gasteiger partial charge in [-0.2, -0.15) is 5.26 Å². The lowest BCUT2D eigenvalue weighted by Gasteiger charge is -2.32. The van der Waals surface area contributed by atoms with E-state index in [0.717, 1.165) is 22.2 Å². The molecule has 1 aliphatic heterocycles. The summed E-state index contributed by atoms with van der Waals surface area (Å²) in [7, 11) is 0. The summed E-state index contributed by atoms with van der Waals surface area (Å²) in [5.74, 6) is 0.288. The van der Waals surface area contributed by atoms with Gasteiger partial charge in [0, 0.05) is 10.9 Å². The molecule has 3 aromatic rings. The van der Waals surface area contributed by atoms with Crippen molar-refractivity contribution in [1.82, 2.24) is 4.57 Å². The van der Waals surface area contributed by atoms with E-state index in [-0.39, 0.29) is 5.97 Å². The molecule has 0 saturated carbocycles. The zero-order chi connectivity index (χ0) is 19.9. The number of nitrogens with zero attached hydrogens (tertiary/aromatic N) is 2. The Morgan fingerprint density at radius 3 is 2.75 bits per heavy atom. The minimum atomic E-state index is -0.576. The van der Waals surface area contributed by atoms with E-state index in [1.807, 2.05) is 54.8 Å². The molecule has 0 N–H and O–H groups in total. The molecule has 0 saturated heterocycles. The van der Waals surface area contributed by atoms with Gasteiger partial charge in [0.15, 0.2) is 0 Å². The molecular formula is C23H20N2O3. The van der Waals surface area contributed by atoms with Crippen molar-refractivity contribution in [2.75, 3.05) is 6.61 Å². The van der Waals surface area contributed by atoms with Gasteiger partial charge in [-0.15, -0.1) is 0 Å². The molecule has 0 unspecified atom stereocenters. The molecule has 0 radical (unpaired) electrons. The van der Waals surface area contributed by atoms with Crippen molar-refractivity contribution in [2.45, 2.75) is 26.4 Å². The number of hydrogen-bond donors (Lipinski definition) is 0. The van der Waals surface area contributed by atoms with Crippen LogP contribution in [-0.4, -0.2) is 22.7 Å². The van der Waals surface area contributed by atoms with Crippen LogP contribution in [0, 0.1) is 11.3 Å². The fourth-order valence-electron chi connectivity index (χ4n) is 3.56. The molecule has 2 aromatic carbocycles. The summed E-state index contributed by atoms with van der Waals surface area (Å²) in [6.45, 7) is 6.01. The van der Waals surface area contributed by atoms with E-state index in [9.17, 15) is 10.1 Å². The SMILES string of the molecule is CCOC(=O)c1cc2ccccc2n1C1=CC(C)(C)Oc2ccc(C#N)cc21. The fourth-order valence-corrected chi connectivity index (χ4v) is 3.56. The summed E-state index contributed by atoms with van der Waals surface area (Å²) in [4.78, 5) is 12.7. The molecule has 0 fully saturated rings. The maximum absolute atomic E-state index is 12.7. The third kappa shape index (κ3) is 2.93. The van der Waals surface area contributed by atoms with Crippen LogP contribution in [0.4, 0.5) is 0 Å². The summed E-state index contributed by atoms with van der Waals surface area (Å²) in [6, 6.07) is 17.1. The van der Waals surface area contributed by atoms with Crippen molar-refractivity contribution in [3.05, 3.63) is 71.4 Å². The quantitative estimate of drug-likeness (QED) is 0.623. The zero-order valence-electron chi connectivity index (χ0n) is 16.0. The number of ether oxygens (including phenoxy) is 2. The molecule has 2 heterocycles. The van der Waals surface area contributed by atoms with Crippen LogP contribution in [0.15, 0.2) is 54.6 Å². The first-order valence-corrected chi connectivity index (χ1v) is 9.18. The van der Waals surface area contributed by atoms with Crippen LogP contribution >= 0.6 is 0 Å². The number of nitriles is 1. The van der Waals surface area contributed by atoms with Gasteiger partial charge in [0.1, 0.15) is 17.0 Å². The van der Waals surface area contributed by atoms with Crippen molar-refractivity contribution >= 4 is 22.6 Å². The lowest BCUT2D eigenvalue weighted by atomic mass is 9.97. The van der Waals surface area contributed by atoms with Gasteiger partial charge in [0.2, 0.25) is 0 Å². The summed E-state index contributed by atoms with van der Waals surface area (Å²) in [6.07, 6.45) is 1.98. The molecular weight excluding hydrogens is 352 g/mol. The van der Waals surface area contributed by atoms with Gasteiger partial charge in [0.05, 0.1) is 29.5 Å². The molecule has 140 valence electrons. The van der Waals surface area contributed by atoms with E-state index in [4.69, 9.17) is 9.47 Å². The van der Waals surface area contributed by atoms with Gasteiger partial charge in [-0.1, -0.05) is 18.2 Å². The molecule has 5 heteroatoms. The van der Waals surface area contributed by atoms with Gasteiger partial charge < -0.3 is 14.0 Å². The number of para-hydroxylation sites is 1. The van der Waals surface area contributed by atoms with Crippen LogP contribution in [0.25, 0.3) is 16.6 Å². The van der Waals surface area contributed by atoms with E-state index in [1.54, 1.807) is 25.1 Å². The second-order valence-electron chi connectivity index (χ2n) is 7.20. The van der Waals surface area contributed by atoms with Crippen molar-refractivity contribution < 1.29 is 14.3 Å². The first-order valence-electron chi connectivity index (χ1n) is 9.18. The number of carbonyl (C=O) groups excluding carboxylic acids is 1. The molecule has 0 aliphatic carbocycles. The van der Waals surface area contributed by atoms with Gasteiger partial charge in [-0.25, -0.2) is 4.79 Å². The predicted molar refractivity (Wildman–Crippen MR) is 107 cm³/mol. The van der Waals surface area contributed by atoms with Crippen LogP contribution in [0.1, 0.15) is 42.4 Å². The maximum Gasteiger partial charge on any atom is 0.355 e. The topological polar surface area (TPSA) is 64.2 Å². The third-order valence-electron chi connectivity index (χ3n) is 4.68. The normalized spacial score (nSPS) is 14.6. The van der Waals surface area contributed by atoms with Gasteiger partial charge in [-0.05, 0) is 57.2 Å². The second-order valence-corrected chi connectivity index (χ2v) is 7.20. The lowest BCUT2D eigenvalue weighted by Crippen LogP contribution is -2.30. The summed E-state index contributed by atoms with van der Waals surface area (Å²) < 4.78 is 13.3. The van der Waals surface area contributed by atoms with Gasteiger partial charge in [0.25, 0.3) is 0 Å². The Balaban J connectivity index is 2.04. The number of esters is 1. The van der Waals surface area contributed by atoms with Crippen molar-refractivity contribution in [3.8, 4) is 11.8 Å². The Bertz CT molecular complexity index is 1160. The molecule has 1 aromatic heterocycles. The van der Waals surface area contributed by atoms with Crippen LogP contribution < -0.4 is 4.74 Å². The third-order valence-corrected chi connectivity index (χ3v) is 4.68. The van der Waals surface area contributed by atoms with E-state index in [1.165, 1.54) is 0 Å². The number of hydrogen-bond acceptors (Lipinski definition) is 4. The van der Waals surface area contributed by atoms with Crippen molar-refractivity contribution in [2.24, 2.45) is 0 Å². The molecule has 1 aliphatic rings. The summed E-state index contributed by atoms with van der Waals surface area (Å²) >= 11 is 0. The van der Waals surface area contributed by atoms with Gasteiger partial charge in [-0.3, -0.25) is 0 Å². The molecule has 5 nitrogen and oxygen atoms in total.